The van der Waals surface area contributed by atoms with Gasteiger partial charge in [-0.05, 0) is 249 Å². The van der Waals surface area contributed by atoms with Gasteiger partial charge >= 0.3 is 0 Å². The molecular formula is C92H54. The Labute approximate surface area is 530 Å². The van der Waals surface area contributed by atoms with Crippen molar-refractivity contribution in [3.8, 4) is 55.6 Å². The maximum absolute atomic E-state index is 2.46. The Morgan fingerprint density at radius 2 is 0.402 bits per heavy atom. The van der Waals surface area contributed by atoms with Crippen LogP contribution in [-0.2, 0) is 0 Å². The van der Waals surface area contributed by atoms with Crippen LogP contribution in [0.4, 0.5) is 0 Å². The molecule has 0 fully saturated rings. The number of hydrogen-bond donors (Lipinski definition) is 0. The molecule has 0 aliphatic heterocycles. The van der Waals surface area contributed by atoms with Gasteiger partial charge in [-0.1, -0.05) is 285 Å². The summed E-state index contributed by atoms with van der Waals surface area (Å²) in [5.41, 5.74) is 12.5. The summed E-state index contributed by atoms with van der Waals surface area (Å²) in [6.45, 7) is 0. The number of hydrogen-bond acceptors (Lipinski definition) is 0. The molecule has 0 aromatic heterocycles. The lowest BCUT2D eigenvalue weighted by molar-refractivity contribution is 1.68. The molecule has 20 aromatic rings. The lowest BCUT2D eigenvalue weighted by Gasteiger charge is -2.20. The Morgan fingerprint density at radius 1 is 0.109 bits per heavy atom. The SMILES string of the molecule is c1ccc2cc3c(ccc4c(-c5c6ccccc6c(-c6ccc7ccc8c(-c9ccc%10cc%11ccc%12c(-c%13c%14ccccc%14c(-c%14ccc%15c(ccc%16ccccc%16%15)c%14)c%14ccccc%13%14)cccc%12c%11cc%10c9)cccc8c7c6)c6ccccc56)cccc43)cc2c1. The molecule has 0 heteroatoms. The highest BCUT2D eigenvalue weighted by Gasteiger charge is 2.22. The number of fused-ring (bicyclic) bond motifs is 18. The molecule has 0 heterocycles. The zero-order chi connectivity index (χ0) is 60.1. The fourth-order valence-corrected chi connectivity index (χ4v) is 16.3. The van der Waals surface area contributed by atoms with E-state index in [0.717, 1.165) is 0 Å². The topological polar surface area (TPSA) is 0 Å². The molecule has 0 nitrogen and oxygen atoms in total. The average Bonchev–Trinajstić information content (AvgIpc) is 0.784. The Balaban J connectivity index is 0.709. The van der Waals surface area contributed by atoms with Crippen molar-refractivity contribution < 1.29 is 0 Å². The standard InChI is InChI=1S/C92H54/c1-2-18-58-52-87-62(48-57(58)17-1)41-46-74-71(87)30-14-32-76(74)92-84-26-11-7-22-80(84)90(81-23-8-12-27-85(81)92)65-39-35-56-40-45-73-68(28-13-29-70(73)86(56)53-65)61-38-36-59-49-63-42-47-75-72(88(63)54-66(59)51-61)31-15-33-77(75)91-82-24-9-5-20-78(82)89(79-21-6-10-25-83(79)91)64-43-44-69-60(50-64)37-34-55-16-3-4-19-67(55)69/h1-54H. The summed E-state index contributed by atoms with van der Waals surface area (Å²) in [5, 5.41) is 35.2. The molecule has 20 aromatic carbocycles. The molecular weight excluding hydrogens is 1110 g/mol. The van der Waals surface area contributed by atoms with Crippen molar-refractivity contribution in [1.82, 2.24) is 0 Å². The Kier molecular flexibility index (Phi) is 11.0. The van der Waals surface area contributed by atoms with Crippen LogP contribution in [0.2, 0.25) is 0 Å². The molecule has 0 spiro atoms. The first-order valence-electron chi connectivity index (χ1n) is 32.1. The molecule has 0 aliphatic rings. The summed E-state index contributed by atoms with van der Waals surface area (Å²) in [6, 6.07) is 124. The predicted molar refractivity (Wildman–Crippen MR) is 399 cm³/mol. The van der Waals surface area contributed by atoms with Crippen LogP contribution in [0.15, 0.2) is 328 Å². The van der Waals surface area contributed by atoms with E-state index in [0.29, 0.717) is 0 Å². The van der Waals surface area contributed by atoms with Crippen LogP contribution in [0.1, 0.15) is 0 Å². The first-order valence-corrected chi connectivity index (χ1v) is 32.1. The van der Waals surface area contributed by atoms with Crippen LogP contribution in [0, 0.1) is 0 Å². The maximum Gasteiger partial charge on any atom is -0.00201 e. The lowest BCUT2D eigenvalue weighted by Crippen LogP contribution is -1.92. The van der Waals surface area contributed by atoms with Gasteiger partial charge in [-0.15, -0.1) is 0 Å². The normalized spacial score (nSPS) is 12.1. The highest BCUT2D eigenvalue weighted by atomic mass is 14.3. The monoisotopic (exact) mass is 1160 g/mol. The Hall–Kier alpha value is -12.0. The third-order valence-electron chi connectivity index (χ3n) is 20.5. The van der Waals surface area contributed by atoms with Crippen LogP contribution in [-0.4, -0.2) is 0 Å². The van der Waals surface area contributed by atoms with Gasteiger partial charge in [-0.25, -0.2) is 0 Å². The van der Waals surface area contributed by atoms with E-state index < -0.39 is 0 Å². The lowest BCUT2D eigenvalue weighted by atomic mass is 9.83. The van der Waals surface area contributed by atoms with E-state index >= 15 is 0 Å². The molecule has 0 radical (unpaired) electrons. The van der Waals surface area contributed by atoms with Crippen molar-refractivity contribution >= 4 is 151 Å². The molecule has 422 valence electrons. The predicted octanol–water partition coefficient (Wildman–Crippen LogP) is 26.2. The van der Waals surface area contributed by atoms with E-state index in [1.54, 1.807) is 0 Å². The van der Waals surface area contributed by atoms with Crippen LogP contribution < -0.4 is 0 Å². The summed E-state index contributed by atoms with van der Waals surface area (Å²) in [5.74, 6) is 0. The molecule has 0 saturated heterocycles. The second-order valence-electron chi connectivity index (χ2n) is 25.3. The van der Waals surface area contributed by atoms with Gasteiger partial charge in [0.15, 0.2) is 0 Å². The Morgan fingerprint density at radius 3 is 0.957 bits per heavy atom. The van der Waals surface area contributed by atoms with Crippen molar-refractivity contribution in [3.05, 3.63) is 328 Å². The van der Waals surface area contributed by atoms with Crippen LogP contribution in [0.5, 0.6) is 0 Å². The molecule has 0 amide bonds. The van der Waals surface area contributed by atoms with Crippen LogP contribution >= 0.6 is 0 Å². The smallest absolute Gasteiger partial charge is 0.00201 e. The number of rotatable bonds is 5. The summed E-state index contributed by atoms with van der Waals surface area (Å²) >= 11 is 0. The van der Waals surface area contributed by atoms with E-state index in [-0.39, 0.29) is 0 Å². The molecule has 0 unspecified atom stereocenters. The largest absolute Gasteiger partial charge is 0.0616 e. The first kappa shape index (κ1) is 51.0. The summed E-state index contributed by atoms with van der Waals surface area (Å²) in [4.78, 5) is 0. The van der Waals surface area contributed by atoms with Crippen molar-refractivity contribution in [2.45, 2.75) is 0 Å². The summed E-state index contributed by atoms with van der Waals surface area (Å²) < 4.78 is 0. The minimum atomic E-state index is 1.21. The number of benzene rings is 20. The van der Waals surface area contributed by atoms with Gasteiger partial charge < -0.3 is 0 Å². The van der Waals surface area contributed by atoms with E-state index in [9.17, 15) is 0 Å². The third kappa shape index (κ3) is 7.59. The van der Waals surface area contributed by atoms with Crippen molar-refractivity contribution in [3.63, 3.8) is 0 Å². The van der Waals surface area contributed by atoms with Gasteiger partial charge in [0, 0.05) is 0 Å². The van der Waals surface area contributed by atoms with Crippen molar-refractivity contribution in [2.24, 2.45) is 0 Å². The van der Waals surface area contributed by atoms with E-state index in [1.165, 1.54) is 206 Å². The minimum absolute atomic E-state index is 1.21. The van der Waals surface area contributed by atoms with Crippen LogP contribution in [0.25, 0.3) is 206 Å². The van der Waals surface area contributed by atoms with E-state index in [4.69, 9.17) is 0 Å². The minimum Gasteiger partial charge on any atom is -0.0616 e. The third-order valence-corrected chi connectivity index (χ3v) is 20.5. The first-order chi connectivity index (χ1) is 45.6. The average molecular weight is 1160 g/mol. The van der Waals surface area contributed by atoms with Gasteiger partial charge in [0.25, 0.3) is 0 Å². The molecule has 0 atom stereocenters. The molecule has 0 aliphatic carbocycles. The van der Waals surface area contributed by atoms with E-state index in [1.807, 2.05) is 0 Å². The fraction of sp³-hybridized carbons (Fsp3) is 0. The summed E-state index contributed by atoms with van der Waals surface area (Å²) in [6.07, 6.45) is 0. The van der Waals surface area contributed by atoms with Gasteiger partial charge in [0.2, 0.25) is 0 Å². The zero-order valence-corrected chi connectivity index (χ0v) is 50.2. The fourth-order valence-electron chi connectivity index (χ4n) is 16.3. The quantitative estimate of drug-likeness (QED) is 0.119. The molecule has 0 saturated carbocycles. The molecule has 0 N–H and O–H groups in total. The Bertz CT molecular complexity index is 6510. The van der Waals surface area contributed by atoms with Gasteiger partial charge in [-0.3, -0.25) is 0 Å². The zero-order valence-electron chi connectivity index (χ0n) is 50.2. The molecule has 20 rings (SSSR count). The van der Waals surface area contributed by atoms with Gasteiger partial charge in [0.05, 0.1) is 0 Å². The van der Waals surface area contributed by atoms with E-state index in [2.05, 4.69) is 328 Å². The van der Waals surface area contributed by atoms with Crippen molar-refractivity contribution in [1.29, 1.82) is 0 Å². The molecule has 0 bridgehead atoms. The maximum atomic E-state index is 2.46. The second-order valence-corrected chi connectivity index (χ2v) is 25.3. The van der Waals surface area contributed by atoms with Gasteiger partial charge in [0.1, 0.15) is 0 Å². The highest BCUT2D eigenvalue weighted by Crippen LogP contribution is 2.50. The summed E-state index contributed by atoms with van der Waals surface area (Å²) in [7, 11) is 0. The van der Waals surface area contributed by atoms with Crippen molar-refractivity contribution in [2.75, 3.05) is 0 Å². The highest BCUT2D eigenvalue weighted by molar-refractivity contribution is 6.28. The second kappa shape index (κ2) is 19.8. The van der Waals surface area contributed by atoms with Gasteiger partial charge in [-0.2, -0.15) is 0 Å². The molecule has 92 heavy (non-hydrogen) atoms. The van der Waals surface area contributed by atoms with Crippen LogP contribution in [0.3, 0.4) is 0 Å².